The van der Waals surface area contributed by atoms with Crippen molar-refractivity contribution >= 4 is 24.8 Å². The van der Waals surface area contributed by atoms with Gasteiger partial charge in [0.15, 0.2) is 0 Å². The van der Waals surface area contributed by atoms with E-state index < -0.39 is 13.5 Å². The molecule has 0 spiro atoms. The van der Waals surface area contributed by atoms with Crippen molar-refractivity contribution in [1.29, 1.82) is 0 Å². The second-order valence-corrected chi connectivity index (χ2v) is 8.03. The molecule has 1 atom stereocenters. The van der Waals surface area contributed by atoms with Gasteiger partial charge in [-0.05, 0) is 24.0 Å². The molecule has 2 aromatic carbocycles. The average Bonchev–Trinajstić information content (AvgIpc) is 3.09. The highest BCUT2D eigenvalue weighted by atomic mass is 19.5. The summed E-state index contributed by atoms with van der Waals surface area (Å²) in [4.78, 5) is 11.5. The number of ether oxygens (including phenoxy) is 2. The number of carbonyl (C=O) groups excluding carboxylic acids is 1. The van der Waals surface area contributed by atoms with Crippen molar-refractivity contribution in [2.45, 2.75) is 52.7 Å². The molecule has 0 N–H and O–H groups in total. The lowest BCUT2D eigenvalue weighted by Gasteiger charge is -2.15. The number of halogens is 4. The van der Waals surface area contributed by atoms with Gasteiger partial charge < -0.3 is 26.7 Å². The fourth-order valence-electron chi connectivity index (χ4n) is 3.52. The summed E-state index contributed by atoms with van der Waals surface area (Å²) in [6, 6.07) is 16.5. The van der Waals surface area contributed by atoms with E-state index in [2.05, 4.69) is 50.5 Å². The third kappa shape index (κ3) is 7.10. The van der Waals surface area contributed by atoms with Crippen molar-refractivity contribution in [2.75, 3.05) is 6.54 Å². The number of carbonyl (C=O) groups is 1. The Bertz CT molecular complexity index is 927. The van der Waals surface area contributed by atoms with Crippen LogP contribution in [0.4, 0.5) is 23.0 Å². The molecule has 0 amide bonds. The van der Waals surface area contributed by atoms with E-state index in [1.165, 1.54) is 18.1 Å². The molecule has 0 radical (unpaired) electrons. The first kappa shape index (κ1) is 25.4. The minimum Gasteiger partial charge on any atom is -0.418 e. The zero-order chi connectivity index (χ0) is 24.1. The van der Waals surface area contributed by atoms with Crippen LogP contribution in [-0.4, -0.2) is 36.5 Å². The van der Waals surface area contributed by atoms with Crippen molar-refractivity contribution in [3.05, 3.63) is 65.2 Å². The minimum absolute atomic E-state index is 0.338. The number of rotatable bonds is 5. The van der Waals surface area contributed by atoms with E-state index in [9.17, 15) is 22.1 Å². The Morgan fingerprint density at radius 2 is 1.47 bits per heavy atom. The lowest BCUT2D eigenvalue weighted by molar-refractivity contribution is -0.440. The fourth-order valence-corrected chi connectivity index (χ4v) is 3.52. The Hall–Kier alpha value is -2.84. The smallest absolute Gasteiger partial charge is 0.418 e. The highest BCUT2D eigenvalue weighted by molar-refractivity contribution is 6.50. The fraction of sp³-hybridized carbons (Fsp3) is 0.391. The summed E-state index contributed by atoms with van der Waals surface area (Å²) < 4.78 is 52.7. The zero-order valence-electron chi connectivity index (χ0n) is 18.8. The van der Waals surface area contributed by atoms with Crippen LogP contribution in [0.15, 0.2) is 48.5 Å². The normalized spacial score (nSPS) is 16.0. The third-order valence-electron chi connectivity index (χ3n) is 4.75. The molecule has 0 saturated heterocycles. The first-order valence-corrected chi connectivity index (χ1v) is 10.4. The standard InChI is InChI=1S/C23H28NO3.BF4/c1-15(2)19-12-9-13-20(16(3)4)22(19)24-14-21(26-17(5)25)27-23(24)18-10-7-6-8-11-18;2-1(3,4)5/h6-13,15-16,21H,14H2,1-5H3;/q+1;-1. The maximum atomic E-state index is 11.5. The van der Waals surface area contributed by atoms with Gasteiger partial charge in [0.25, 0.3) is 0 Å². The molecule has 9 heteroatoms. The van der Waals surface area contributed by atoms with Crippen LogP contribution < -0.4 is 0 Å². The average molecular weight is 453 g/mol. The summed E-state index contributed by atoms with van der Waals surface area (Å²) >= 11 is 0. The van der Waals surface area contributed by atoms with Crippen molar-refractivity contribution in [2.24, 2.45) is 0 Å². The molecular weight excluding hydrogens is 425 g/mol. The van der Waals surface area contributed by atoms with E-state index >= 15 is 0 Å². The molecule has 1 aliphatic rings. The Labute approximate surface area is 186 Å². The Balaban J connectivity index is 0.000000654. The van der Waals surface area contributed by atoms with Gasteiger partial charge in [-0.3, -0.25) is 4.79 Å². The monoisotopic (exact) mass is 453 g/mol. The summed E-state index contributed by atoms with van der Waals surface area (Å²) in [6.07, 6.45) is -0.613. The molecule has 0 aliphatic carbocycles. The summed E-state index contributed by atoms with van der Waals surface area (Å²) in [5.41, 5.74) is 4.67. The molecule has 0 bridgehead atoms. The van der Waals surface area contributed by atoms with Gasteiger partial charge in [-0.1, -0.05) is 64.1 Å². The van der Waals surface area contributed by atoms with Gasteiger partial charge in [-0.15, -0.1) is 0 Å². The van der Waals surface area contributed by atoms with Crippen LogP contribution in [0.2, 0.25) is 0 Å². The van der Waals surface area contributed by atoms with Crippen molar-refractivity contribution in [1.82, 2.24) is 0 Å². The number of hydrogen-bond acceptors (Lipinski definition) is 3. The largest absolute Gasteiger partial charge is 0.673 e. The molecule has 3 rings (SSSR count). The highest BCUT2D eigenvalue weighted by Gasteiger charge is 2.40. The van der Waals surface area contributed by atoms with E-state index in [0.717, 1.165) is 17.1 Å². The maximum Gasteiger partial charge on any atom is 0.673 e. The van der Waals surface area contributed by atoms with Gasteiger partial charge in [-0.25, -0.2) is 0 Å². The summed E-state index contributed by atoms with van der Waals surface area (Å²) in [7, 11) is -6.00. The number of esters is 1. The molecule has 32 heavy (non-hydrogen) atoms. The van der Waals surface area contributed by atoms with Crippen LogP contribution in [0.1, 0.15) is 63.1 Å². The van der Waals surface area contributed by atoms with E-state index in [0.29, 0.717) is 18.4 Å². The number of benzene rings is 2. The Kier molecular flexibility index (Phi) is 8.47. The Morgan fingerprint density at radius 1 is 0.969 bits per heavy atom. The number of hydrogen-bond donors (Lipinski definition) is 0. The first-order valence-electron chi connectivity index (χ1n) is 10.4. The van der Waals surface area contributed by atoms with E-state index in [1.54, 1.807) is 0 Å². The van der Waals surface area contributed by atoms with Crippen LogP contribution in [-0.2, 0) is 14.3 Å². The SMILES string of the molecule is CC(=O)OC1C[N+](c2c(C(C)C)cccc2C(C)C)=C(c2ccccc2)O1.F[B-](F)(F)F. The van der Waals surface area contributed by atoms with Gasteiger partial charge in [-0.2, -0.15) is 4.58 Å². The molecule has 174 valence electrons. The molecule has 1 unspecified atom stereocenters. The summed E-state index contributed by atoms with van der Waals surface area (Å²) in [6.45, 7) is 10.7. The van der Waals surface area contributed by atoms with Gasteiger partial charge in [0.05, 0.1) is 5.56 Å². The van der Waals surface area contributed by atoms with Gasteiger partial charge >= 0.3 is 25.4 Å². The topological polar surface area (TPSA) is 38.5 Å². The summed E-state index contributed by atoms with van der Waals surface area (Å²) in [5, 5.41) is 0. The van der Waals surface area contributed by atoms with Crippen LogP contribution in [0.3, 0.4) is 0 Å². The molecule has 0 fully saturated rings. The minimum atomic E-state index is -6.00. The van der Waals surface area contributed by atoms with E-state index in [1.807, 2.05) is 30.3 Å². The maximum absolute atomic E-state index is 11.5. The zero-order valence-corrected chi connectivity index (χ0v) is 18.8. The van der Waals surface area contributed by atoms with Crippen LogP contribution >= 0.6 is 0 Å². The molecular formula is C23H28BF4NO3. The van der Waals surface area contributed by atoms with E-state index in [4.69, 9.17) is 9.47 Å². The highest BCUT2D eigenvalue weighted by Crippen LogP contribution is 2.36. The van der Waals surface area contributed by atoms with E-state index in [-0.39, 0.29) is 5.97 Å². The van der Waals surface area contributed by atoms with Crippen molar-refractivity contribution < 1.29 is 36.1 Å². The second kappa shape index (κ2) is 10.7. The van der Waals surface area contributed by atoms with Crippen molar-refractivity contribution in [3.63, 3.8) is 0 Å². The quantitative estimate of drug-likeness (QED) is 0.233. The molecule has 0 saturated carbocycles. The molecule has 2 aromatic rings. The predicted molar refractivity (Wildman–Crippen MR) is 117 cm³/mol. The van der Waals surface area contributed by atoms with Gasteiger partial charge in [0.2, 0.25) is 12.2 Å². The molecule has 1 aliphatic heterocycles. The van der Waals surface area contributed by atoms with Gasteiger partial charge in [0, 0.05) is 18.1 Å². The lowest BCUT2D eigenvalue weighted by atomic mass is 9.92. The molecule has 1 heterocycles. The lowest BCUT2D eigenvalue weighted by Crippen LogP contribution is -2.22. The van der Waals surface area contributed by atoms with Gasteiger partial charge in [0.1, 0.15) is 0 Å². The number of para-hydroxylation sites is 1. The van der Waals surface area contributed by atoms with Crippen LogP contribution in [0.25, 0.3) is 0 Å². The second-order valence-electron chi connectivity index (χ2n) is 8.03. The van der Waals surface area contributed by atoms with Crippen LogP contribution in [0, 0.1) is 0 Å². The predicted octanol–water partition coefficient (Wildman–Crippen LogP) is 6.24. The van der Waals surface area contributed by atoms with Crippen LogP contribution in [0.5, 0.6) is 0 Å². The molecule has 4 nitrogen and oxygen atoms in total. The summed E-state index contributed by atoms with van der Waals surface area (Å²) in [5.74, 6) is 1.12. The number of nitrogens with zero attached hydrogens (tertiary/aromatic N) is 1. The third-order valence-corrected chi connectivity index (χ3v) is 4.75. The molecule has 0 aromatic heterocycles. The Morgan fingerprint density at radius 3 is 1.91 bits per heavy atom. The first-order chi connectivity index (χ1) is 14.9. The van der Waals surface area contributed by atoms with Crippen molar-refractivity contribution in [3.8, 4) is 0 Å².